The number of carbonyl (C=O) groups excluding carboxylic acids is 1. The van der Waals surface area contributed by atoms with E-state index in [-0.39, 0.29) is 0 Å². The molecule has 1 aromatic carbocycles. The normalized spacial score (nSPS) is 10.6. The molecule has 0 bridgehead atoms. The van der Waals surface area contributed by atoms with Gasteiger partial charge in [0.2, 0.25) is 0 Å². The second kappa shape index (κ2) is 5.63. The van der Waals surface area contributed by atoms with E-state index in [0.29, 0.717) is 5.56 Å². The Kier molecular flexibility index (Phi) is 3.92. The van der Waals surface area contributed by atoms with Crippen LogP contribution in [-0.4, -0.2) is 16.5 Å². The van der Waals surface area contributed by atoms with Crippen molar-refractivity contribution in [2.75, 3.05) is 0 Å². The molecule has 2 rings (SSSR count). The van der Waals surface area contributed by atoms with Gasteiger partial charge in [0, 0.05) is 11.3 Å². The third-order valence-electron chi connectivity index (χ3n) is 3.16. The van der Waals surface area contributed by atoms with Crippen molar-refractivity contribution < 1.29 is 4.79 Å². The monoisotopic (exact) mass is 242 g/mol. The fourth-order valence-corrected chi connectivity index (χ4v) is 2.01. The first kappa shape index (κ1) is 12.6. The van der Waals surface area contributed by atoms with Crippen molar-refractivity contribution in [2.24, 2.45) is 0 Å². The molecule has 2 aromatic rings. The zero-order valence-corrected chi connectivity index (χ0v) is 10.9. The summed E-state index contributed by atoms with van der Waals surface area (Å²) < 4.78 is 0. The summed E-state index contributed by atoms with van der Waals surface area (Å²) in [5, 5.41) is 7.05. The second-order valence-electron chi connectivity index (χ2n) is 4.53. The molecule has 1 N–H and O–H groups in total. The highest BCUT2D eigenvalue weighted by molar-refractivity contribution is 5.87. The van der Waals surface area contributed by atoms with Crippen LogP contribution in [0, 0.1) is 6.92 Å². The lowest BCUT2D eigenvalue weighted by atomic mass is 10.0. The van der Waals surface area contributed by atoms with E-state index in [2.05, 4.69) is 29.3 Å². The molecule has 0 fully saturated rings. The SMILES string of the molecule is CCCCc1ccc(-c2n[nH]c(C)c2C=O)cc1. The van der Waals surface area contributed by atoms with Crippen LogP contribution in [0.15, 0.2) is 24.3 Å². The molecule has 0 atom stereocenters. The van der Waals surface area contributed by atoms with Crippen LogP contribution in [-0.2, 0) is 6.42 Å². The number of H-pyrrole nitrogens is 1. The average molecular weight is 242 g/mol. The predicted molar refractivity (Wildman–Crippen MR) is 72.8 cm³/mol. The number of benzene rings is 1. The Morgan fingerprint density at radius 1 is 1.28 bits per heavy atom. The van der Waals surface area contributed by atoms with E-state index < -0.39 is 0 Å². The van der Waals surface area contributed by atoms with Gasteiger partial charge in [0.1, 0.15) is 5.69 Å². The fourth-order valence-electron chi connectivity index (χ4n) is 2.01. The van der Waals surface area contributed by atoms with Gasteiger partial charge < -0.3 is 0 Å². The molecular weight excluding hydrogens is 224 g/mol. The topological polar surface area (TPSA) is 45.8 Å². The Morgan fingerprint density at radius 3 is 2.61 bits per heavy atom. The van der Waals surface area contributed by atoms with Gasteiger partial charge in [-0.05, 0) is 25.3 Å². The third-order valence-corrected chi connectivity index (χ3v) is 3.16. The molecule has 0 aliphatic rings. The highest BCUT2D eigenvalue weighted by Crippen LogP contribution is 2.22. The lowest BCUT2D eigenvalue weighted by molar-refractivity contribution is 0.112. The van der Waals surface area contributed by atoms with Crippen LogP contribution in [0.25, 0.3) is 11.3 Å². The molecule has 1 aromatic heterocycles. The molecule has 3 heteroatoms. The van der Waals surface area contributed by atoms with Crippen molar-refractivity contribution in [1.82, 2.24) is 10.2 Å². The van der Waals surface area contributed by atoms with Gasteiger partial charge in [-0.1, -0.05) is 37.6 Å². The Bertz CT molecular complexity index is 526. The van der Waals surface area contributed by atoms with E-state index >= 15 is 0 Å². The molecular formula is C15H18N2O. The molecule has 3 nitrogen and oxygen atoms in total. The zero-order chi connectivity index (χ0) is 13.0. The summed E-state index contributed by atoms with van der Waals surface area (Å²) in [6.45, 7) is 4.05. The molecule has 0 spiro atoms. The summed E-state index contributed by atoms with van der Waals surface area (Å²) in [7, 11) is 0. The maximum atomic E-state index is 11.0. The highest BCUT2D eigenvalue weighted by atomic mass is 16.1. The third kappa shape index (κ3) is 2.50. The Labute approximate surface area is 107 Å². The number of carbonyl (C=O) groups is 1. The standard InChI is InChI=1S/C15H18N2O/c1-3-4-5-12-6-8-13(9-7-12)15-14(10-18)11(2)16-17-15/h6-10H,3-5H2,1-2H3,(H,16,17). The van der Waals surface area contributed by atoms with Crippen molar-refractivity contribution in [3.05, 3.63) is 41.1 Å². The largest absolute Gasteiger partial charge is 0.298 e. The quantitative estimate of drug-likeness (QED) is 0.815. The molecule has 1 heterocycles. The molecule has 0 amide bonds. The Hall–Kier alpha value is -1.90. The first-order valence-electron chi connectivity index (χ1n) is 6.35. The number of aromatic amines is 1. The predicted octanol–water partition coefficient (Wildman–Crippen LogP) is 3.54. The van der Waals surface area contributed by atoms with E-state index in [1.165, 1.54) is 18.4 Å². The molecule has 0 saturated carbocycles. The molecule has 18 heavy (non-hydrogen) atoms. The maximum Gasteiger partial charge on any atom is 0.154 e. The van der Waals surface area contributed by atoms with E-state index in [9.17, 15) is 4.79 Å². The molecule has 0 unspecified atom stereocenters. The Morgan fingerprint density at radius 2 is 2.00 bits per heavy atom. The van der Waals surface area contributed by atoms with Crippen LogP contribution in [0.4, 0.5) is 0 Å². The average Bonchev–Trinajstić information content (AvgIpc) is 2.78. The smallest absolute Gasteiger partial charge is 0.154 e. The maximum absolute atomic E-state index is 11.0. The van der Waals surface area contributed by atoms with E-state index in [4.69, 9.17) is 0 Å². The minimum atomic E-state index is 0.649. The number of hydrogen-bond donors (Lipinski definition) is 1. The minimum Gasteiger partial charge on any atom is -0.298 e. The number of aryl methyl sites for hydroxylation is 2. The van der Waals surface area contributed by atoms with Crippen LogP contribution >= 0.6 is 0 Å². The summed E-state index contributed by atoms with van der Waals surface area (Å²) >= 11 is 0. The second-order valence-corrected chi connectivity index (χ2v) is 4.53. The summed E-state index contributed by atoms with van der Waals surface area (Å²) in [5.41, 5.74) is 4.53. The number of rotatable bonds is 5. The van der Waals surface area contributed by atoms with Gasteiger partial charge in [0.15, 0.2) is 6.29 Å². The number of aromatic nitrogens is 2. The van der Waals surface area contributed by atoms with E-state index in [1.54, 1.807) is 0 Å². The molecule has 0 aliphatic carbocycles. The highest BCUT2D eigenvalue weighted by Gasteiger charge is 2.10. The summed E-state index contributed by atoms with van der Waals surface area (Å²) in [6, 6.07) is 8.30. The number of unbranched alkanes of at least 4 members (excludes halogenated alkanes) is 1. The Balaban J connectivity index is 2.26. The van der Waals surface area contributed by atoms with Crippen LogP contribution in [0.2, 0.25) is 0 Å². The van der Waals surface area contributed by atoms with Crippen molar-refractivity contribution in [3.8, 4) is 11.3 Å². The van der Waals surface area contributed by atoms with Gasteiger partial charge in [-0.3, -0.25) is 9.89 Å². The van der Waals surface area contributed by atoms with Crippen molar-refractivity contribution >= 4 is 6.29 Å². The summed E-state index contributed by atoms with van der Waals surface area (Å²) in [4.78, 5) is 11.0. The molecule has 0 radical (unpaired) electrons. The first-order chi connectivity index (χ1) is 8.76. The lowest BCUT2D eigenvalue weighted by Gasteiger charge is -2.02. The van der Waals surface area contributed by atoms with Crippen LogP contribution in [0.3, 0.4) is 0 Å². The first-order valence-corrected chi connectivity index (χ1v) is 6.35. The van der Waals surface area contributed by atoms with Gasteiger partial charge in [-0.2, -0.15) is 5.10 Å². The van der Waals surface area contributed by atoms with Gasteiger partial charge in [0.25, 0.3) is 0 Å². The summed E-state index contributed by atoms with van der Waals surface area (Å²) in [5.74, 6) is 0. The van der Waals surface area contributed by atoms with E-state index in [1.807, 2.05) is 19.1 Å². The van der Waals surface area contributed by atoms with Gasteiger partial charge in [-0.25, -0.2) is 0 Å². The van der Waals surface area contributed by atoms with Crippen molar-refractivity contribution in [2.45, 2.75) is 33.1 Å². The van der Waals surface area contributed by atoms with Crippen LogP contribution in [0.1, 0.15) is 41.4 Å². The van der Waals surface area contributed by atoms with Crippen LogP contribution in [0.5, 0.6) is 0 Å². The lowest BCUT2D eigenvalue weighted by Crippen LogP contribution is -1.88. The van der Waals surface area contributed by atoms with Gasteiger partial charge >= 0.3 is 0 Å². The molecule has 94 valence electrons. The van der Waals surface area contributed by atoms with Gasteiger partial charge in [0.05, 0.1) is 5.56 Å². The number of hydrogen-bond acceptors (Lipinski definition) is 2. The minimum absolute atomic E-state index is 0.649. The fraction of sp³-hybridized carbons (Fsp3) is 0.333. The summed E-state index contributed by atoms with van der Waals surface area (Å²) in [6.07, 6.45) is 4.38. The van der Waals surface area contributed by atoms with Crippen molar-refractivity contribution in [1.29, 1.82) is 0 Å². The van der Waals surface area contributed by atoms with Gasteiger partial charge in [-0.15, -0.1) is 0 Å². The molecule has 0 aliphatic heterocycles. The zero-order valence-electron chi connectivity index (χ0n) is 10.9. The molecule has 0 saturated heterocycles. The van der Waals surface area contributed by atoms with Crippen LogP contribution < -0.4 is 0 Å². The number of nitrogens with one attached hydrogen (secondary N) is 1. The van der Waals surface area contributed by atoms with Crippen molar-refractivity contribution in [3.63, 3.8) is 0 Å². The van der Waals surface area contributed by atoms with E-state index in [0.717, 1.165) is 29.7 Å². The number of aldehydes is 1. The number of nitrogens with zero attached hydrogens (tertiary/aromatic N) is 1.